The Hall–Kier alpha value is -4.55. The molecule has 0 bridgehead atoms. The largest absolute Gasteiger partial charge is 0.484 e. The van der Waals surface area contributed by atoms with Gasteiger partial charge in [-0.1, -0.05) is 18.2 Å². The third kappa shape index (κ3) is 6.62. The van der Waals surface area contributed by atoms with E-state index in [2.05, 4.69) is 15.7 Å². The Kier molecular flexibility index (Phi) is 8.43. The molecule has 1 aliphatic carbocycles. The first-order valence-corrected chi connectivity index (χ1v) is 14.8. The molecule has 10 nitrogen and oxygen atoms in total. The standard InChI is InChI=1S/C33H34F2N4O6/c1-19(37-32(42)33(2,34)35)30(20-9-10-22-17-43-18-44-29(22)15-20)45-25-11-12-27-23(14-25)16-36-39(27)24-6-3-5-21(13-24)31(41)38-26-7-4-8-28(26)40/h3,5-6,9-16,19,26,28,30,40H,4,7-8,17-18H2,1-2H3,(H,37,42)(H,38,41)/t19-,26-,28+,30+/m1/s1. The minimum atomic E-state index is -3.56. The highest BCUT2D eigenvalue weighted by Crippen LogP contribution is 2.33. The molecule has 2 heterocycles. The topological polar surface area (TPSA) is 124 Å². The number of carbonyl (C=O) groups excluding carboxylic acids is 2. The van der Waals surface area contributed by atoms with E-state index in [1.807, 2.05) is 18.2 Å². The Labute approximate surface area is 258 Å². The zero-order valence-electron chi connectivity index (χ0n) is 24.8. The number of aromatic nitrogens is 2. The predicted molar refractivity (Wildman–Crippen MR) is 161 cm³/mol. The molecule has 4 aromatic rings. The molecule has 2 aliphatic rings. The van der Waals surface area contributed by atoms with Crippen molar-refractivity contribution in [3.8, 4) is 17.2 Å². The van der Waals surface area contributed by atoms with Gasteiger partial charge in [-0.3, -0.25) is 9.59 Å². The third-order valence-corrected chi connectivity index (χ3v) is 8.14. The van der Waals surface area contributed by atoms with Crippen LogP contribution in [0, 0.1) is 0 Å². The van der Waals surface area contributed by atoms with Gasteiger partial charge in [0, 0.05) is 23.4 Å². The SMILES string of the molecule is C[C@@H](NC(=O)C(C)(F)F)[C@H](Oc1ccc2c(cnn2-c2cccc(C(=O)N[C@@H]3CCC[C@@H]3O)c2)c1)c1ccc2c(c1)OCOC2. The first-order chi connectivity index (χ1) is 21.6. The van der Waals surface area contributed by atoms with Gasteiger partial charge >= 0.3 is 5.92 Å². The van der Waals surface area contributed by atoms with Crippen LogP contribution in [0.1, 0.15) is 60.7 Å². The lowest BCUT2D eigenvalue weighted by Crippen LogP contribution is -2.46. The second-order valence-corrected chi connectivity index (χ2v) is 11.6. The number of alkyl halides is 2. The summed E-state index contributed by atoms with van der Waals surface area (Å²) in [6.45, 7) is 2.62. The molecule has 3 aromatic carbocycles. The molecule has 0 radical (unpaired) electrons. The first kappa shape index (κ1) is 30.5. The summed E-state index contributed by atoms with van der Waals surface area (Å²) in [5, 5.41) is 20.7. The highest BCUT2D eigenvalue weighted by atomic mass is 19.3. The van der Waals surface area contributed by atoms with Crippen LogP contribution in [-0.4, -0.2) is 57.6 Å². The number of hydrogen-bond donors (Lipinski definition) is 3. The summed E-state index contributed by atoms with van der Waals surface area (Å²) in [6, 6.07) is 16.7. The van der Waals surface area contributed by atoms with E-state index < -0.39 is 30.1 Å². The second-order valence-electron chi connectivity index (χ2n) is 11.6. The number of aliphatic hydroxyl groups excluding tert-OH is 1. The van der Waals surface area contributed by atoms with Crippen molar-refractivity contribution in [1.29, 1.82) is 0 Å². The number of nitrogens with one attached hydrogen (secondary N) is 2. The molecule has 1 aromatic heterocycles. The van der Waals surface area contributed by atoms with E-state index in [0.717, 1.165) is 29.3 Å². The van der Waals surface area contributed by atoms with Crippen molar-refractivity contribution in [2.24, 2.45) is 0 Å². The summed E-state index contributed by atoms with van der Waals surface area (Å²) >= 11 is 0. The van der Waals surface area contributed by atoms with Crippen molar-refractivity contribution in [3.63, 3.8) is 0 Å². The van der Waals surface area contributed by atoms with Crippen LogP contribution in [0.4, 0.5) is 8.78 Å². The van der Waals surface area contributed by atoms with Crippen molar-refractivity contribution in [2.75, 3.05) is 6.79 Å². The maximum Gasteiger partial charge on any atom is 0.321 e. The molecule has 1 aliphatic heterocycles. The summed E-state index contributed by atoms with van der Waals surface area (Å²) in [7, 11) is 0. The van der Waals surface area contributed by atoms with Crippen LogP contribution < -0.4 is 20.1 Å². The zero-order chi connectivity index (χ0) is 31.7. The summed E-state index contributed by atoms with van der Waals surface area (Å²) in [5.41, 5.74) is 3.33. The average Bonchev–Trinajstić information content (AvgIpc) is 3.64. The Morgan fingerprint density at radius 1 is 1.13 bits per heavy atom. The molecule has 0 spiro atoms. The van der Waals surface area contributed by atoms with E-state index in [0.29, 0.717) is 48.3 Å². The lowest BCUT2D eigenvalue weighted by molar-refractivity contribution is -0.144. The summed E-state index contributed by atoms with van der Waals surface area (Å²) in [4.78, 5) is 25.1. The van der Waals surface area contributed by atoms with Crippen molar-refractivity contribution in [2.45, 2.75) is 69.9 Å². The highest BCUT2D eigenvalue weighted by molar-refractivity contribution is 5.95. The number of amides is 2. The maximum absolute atomic E-state index is 13.8. The molecule has 0 saturated heterocycles. The maximum atomic E-state index is 13.8. The lowest BCUT2D eigenvalue weighted by atomic mass is 10.00. The quantitative estimate of drug-likeness (QED) is 0.245. The number of fused-ring (bicyclic) bond motifs is 2. The monoisotopic (exact) mass is 620 g/mol. The molecule has 6 rings (SSSR count). The van der Waals surface area contributed by atoms with Crippen LogP contribution in [0.3, 0.4) is 0 Å². The van der Waals surface area contributed by atoms with Crippen LogP contribution >= 0.6 is 0 Å². The second kappa shape index (κ2) is 12.4. The molecule has 12 heteroatoms. The normalized spacial score (nSPS) is 19.3. The number of hydrogen-bond acceptors (Lipinski definition) is 7. The molecule has 3 N–H and O–H groups in total. The van der Waals surface area contributed by atoms with Crippen molar-refractivity contribution >= 4 is 22.7 Å². The zero-order valence-corrected chi connectivity index (χ0v) is 24.8. The predicted octanol–water partition coefficient (Wildman–Crippen LogP) is 4.82. The Morgan fingerprint density at radius 3 is 2.76 bits per heavy atom. The minimum Gasteiger partial charge on any atom is -0.484 e. The number of benzene rings is 3. The molecule has 0 unspecified atom stereocenters. The fourth-order valence-electron chi connectivity index (χ4n) is 5.70. The molecular weight excluding hydrogens is 586 g/mol. The Morgan fingerprint density at radius 2 is 1.98 bits per heavy atom. The van der Waals surface area contributed by atoms with E-state index in [1.54, 1.807) is 60.3 Å². The molecule has 4 atom stereocenters. The van der Waals surface area contributed by atoms with Gasteiger partial charge < -0.3 is 30.0 Å². The van der Waals surface area contributed by atoms with Crippen molar-refractivity contribution < 1.29 is 37.7 Å². The molecular formula is C33H34F2N4O6. The van der Waals surface area contributed by atoms with Gasteiger partial charge in [-0.25, -0.2) is 4.68 Å². The van der Waals surface area contributed by atoms with Gasteiger partial charge in [0.15, 0.2) is 6.79 Å². The Bertz CT molecular complexity index is 1720. The van der Waals surface area contributed by atoms with E-state index in [9.17, 15) is 23.5 Å². The van der Waals surface area contributed by atoms with Gasteiger partial charge in [-0.15, -0.1) is 0 Å². The number of halogens is 2. The van der Waals surface area contributed by atoms with E-state index in [-0.39, 0.29) is 18.7 Å². The van der Waals surface area contributed by atoms with E-state index >= 15 is 0 Å². The molecule has 2 amide bonds. The average molecular weight is 621 g/mol. The summed E-state index contributed by atoms with van der Waals surface area (Å²) in [6.07, 6.45) is 2.58. The fraction of sp³-hybridized carbons (Fsp3) is 0.364. The highest BCUT2D eigenvalue weighted by Gasteiger charge is 2.35. The molecule has 1 saturated carbocycles. The van der Waals surface area contributed by atoms with Gasteiger partial charge in [-0.05, 0) is 74.2 Å². The smallest absolute Gasteiger partial charge is 0.321 e. The van der Waals surface area contributed by atoms with Gasteiger partial charge in [0.2, 0.25) is 0 Å². The summed E-state index contributed by atoms with van der Waals surface area (Å²) < 4.78 is 46.5. The first-order valence-electron chi connectivity index (χ1n) is 14.8. The number of rotatable bonds is 9. The van der Waals surface area contributed by atoms with E-state index in [1.165, 1.54) is 0 Å². The fourth-order valence-corrected chi connectivity index (χ4v) is 5.70. The number of nitrogens with zero attached hydrogens (tertiary/aromatic N) is 2. The number of aliphatic hydroxyl groups is 1. The van der Waals surface area contributed by atoms with Crippen molar-refractivity contribution in [1.82, 2.24) is 20.4 Å². The van der Waals surface area contributed by atoms with Crippen LogP contribution in [0.2, 0.25) is 0 Å². The van der Waals surface area contributed by atoms with Crippen LogP contribution in [0.15, 0.2) is 66.9 Å². The van der Waals surface area contributed by atoms with Crippen LogP contribution in [0.25, 0.3) is 16.6 Å². The summed E-state index contributed by atoms with van der Waals surface area (Å²) in [5.74, 6) is -4.19. The molecule has 1 fully saturated rings. The Balaban J connectivity index is 1.26. The van der Waals surface area contributed by atoms with Gasteiger partial charge in [0.25, 0.3) is 11.8 Å². The number of carbonyl (C=O) groups is 2. The van der Waals surface area contributed by atoms with Gasteiger partial charge in [-0.2, -0.15) is 13.9 Å². The lowest BCUT2D eigenvalue weighted by Gasteiger charge is -2.28. The van der Waals surface area contributed by atoms with E-state index in [4.69, 9.17) is 14.2 Å². The van der Waals surface area contributed by atoms with Crippen molar-refractivity contribution in [3.05, 3.63) is 83.6 Å². The van der Waals surface area contributed by atoms with Crippen LogP contribution in [0.5, 0.6) is 11.5 Å². The minimum absolute atomic E-state index is 0.0915. The molecule has 45 heavy (non-hydrogen) atoms. The van der Waals surface area contributed by atoms with Gasteiger partial charge in [0.1, 0.15) is 17.6 Å². The van der Waals surface area contributed by atoms with Gasteiger partial charge in [0.05, 0.1) is 42.2 Å². The van der Waals surface area contributed by atoms with Crippen LogP contribution in [-0.2, 0) is 16.1 Å². The third-order valence-electron chi connectivity index (χ3n) is 8.14. The molecule has 236 valence electrons. The number of ether oxygens (including phenoxy) is 3.